The fourth-order valence-electron chi connectivity index (χ4n) is 2.42. The molecule has 1 atom stereocenters. The van der Waals surface area contributed by atoms with Gasteiger partial charge in [0.15, 0.2) is 0 Å². The summed E-state index contributed by atoms with van der Waals surface area (Å²) in [7, 11) is 1.59. The second kappa shape index (κ2) is 5.34. The first-order chi connectivity index (χ1) is 10.0. The van der Waals surface area contributed by atoms with Gasteiger partial charge in [-0.2, -0.15) is 0 Å². The lowest BCUT2D eigenvalue weighted by Gasteiger charge is -2.24. The van der Waals surface area contributed by atoms with Crippen molar-refractivity contribution in [3.8, 4) is 5.75 Å². The van der Waals surface area contributed by atoms with Crippen LogP contribution in [0, 0.1) is 0 Å². The Morgan fingerprint density at radius 2 is 1.90 bits per heavy atom. The topological polar surface area (TPSA) is 29.5 Å². The molecule has 0 amide bonds. The van der Waals surface area contributed by atoms with Crippen LogP contribution < -0.4 is 4.74 Å². The summed E-state index contributed by atoms with van der Waals surface area (Å²) in [6.45, 7) is 1.77. The van der Waals surface area contributed by atoms with Crippen molar-refractivity contribution < 1.29 is 9.84 Å². The van der Waals surface area contributed by atoms with E-state index >= 15 is 0 Å². The monoisotopic (exact) mass is 318 g/mol. The smallest absolute Gasteiger partial charge is 0.125 e. The molecule has 108 valence electrons. The molecule has 2 aromatic carbocycles. The Kier molecular flexibility index (Phi) is 3.66. The number of hydrogen-bond acceptors (Lipinski definition) is 3. The van der Waals surface area contributed by atoms with E-state index in [1.807, 2.05) is 24.3 Å². The molecular weight excluding hydrogens is 304 g/mol. The average molecular weight is 319 g/mol. The number of fused-ring (bicyclic) bond motifs is 1. The van der Waals surface area contributed by atoms with Gasteiger partial charge in [-0.3, -0.25) is 0 Å². The lowest BCUT2D eigenvalue weighted by Crippen LogP contribution is -2.22. The zero-order valence-corrected chi connectivity index (χ0v) is 13.3. The summed E-state index contributed by atoms with van der Waals surface area (Å²) in [6, 6.07) is 15.4. The predicted octanol–water partition coefficient (Wildman–Crippen LogP) is 4.82. The molecule has 2 nitrogen and oxygen atoms in total. The first kappa shape index (κ1) is 14.4. The molecule has 0 saturated heterocycles. The predicted molar refractivity (Wildman–Crippen MR) is 88.5 cm³/mol. The summed E-state index contributed by atoms with van der Waals surface area (Å²) < 4.78 is 6.52. The van der Waals surface area contributed by atoms with Gasteiger partial charge in [0.2, 0.25) is 0 Å². The van der Waals surface area contributed by atoms with Crippen LogP contribution in [0.1, 0.15) is 17.4 Å². The first-order valence-electron chi connectivity index (χ1n) is 6.58. The van der Waals surface area contributed by atoms with E-state index in [1.54, 1.807) is 43.6 Å². The summed E-state index contributed by atoms with van der Waals surface area (Å²) in [5.41, 5.74) is -0.482. The van der Waals surface area contributed by atoms with Gasteiger partial charge in [-0.05, 0) is 42.6 Å². The molecule has 1 aromatic heterocycles. The Hall–Kier alpha value is -1.55. The van der Waals surface area contributed by atoms with Gasteiger partial charge in [-0.1, -0.05) is 29.8 Å². The zero-order valence-electron chi connectivity index (χ0n) is 11.8. The molecule has 1 heterocycles. The van der Waals surface area contributed by atoms with Gasteiger partial charge >= 0.3 is 0 Å². The Morgan fingerprint density at radius 3 is 2.62 bits per heavy atom. The molecule has 0 radical (unpaired) electrons. The van der Waals surface area contributed by atoms with Crippen LogP contribution in [0.15, 0.2) is 48.5 Å². The van der Waals surface area contributed by atoms with Crippen molar-refractivity contribution in [3.63, 3.8) is 0 Å². The number of ether oxygens (including phenoxy) is 1. The Balaban J connectivity index is 2.17. The minimum Gasteiger partial charge on any atom is -0.496 e. The van der Waals surface area contributed by atoms with E-state index in [2.05, 4.69) is 6.07 Å². The molecule has 21 heavy (non-hydrogen) atoms. The highest BCUT2D eigenvalue weighted by Crippen LogP contribution is 2.41. The number of rotatable bonds is 3. The van der Waals surface area contributed by atoms with Crippen LogP contribution in [0.3, 0.4) is 0 Å². The fourth-order valence-corrected chi connectivity index (χ4v) is 3.71. The van der Waals surface area contributed by atoms with Crippen molar-refractivity contribution in [2.45, 2.75) is 12.5 Å². The molecule has 0 fully saturated rings. The van der Waals surface area contributed by atoms with Crippen LogP contribution in [0.25, 0.3) is 10.1 Å². The molecular formula is C17H15ClO2S. The first-order valence-corrected chi connectivity index (χ1v) is 7.77. The van der Waals surface area contributed by atoms with Crippen LogP contribution >= 0.6 is 22.9 Å². The second-order valence-corrected chi connectivity index (χ2v) is 6.59. The van der Waals surface area contributed by atoms with Gasteiger partial charge in [0.05, 0.1) is 7.11 Å². The zero-order chi connectivity index (χ0) is 15.0. The van der Waals surface area contributed by atoms with Gasteiger partial charge in [-0.25, -0.2) is 0 Å². The molecule has 0 aliphatic rings. The fraction of sp³-hybridized carbons (Fsp3) is 0.176. The van der Waals surface area contributed by atoms with Crippen molar-refractivity contribution in [2.24, 2.45) is 0 Å². The summed E-state index contributed by atoms with van der Waals surface area (Å²) >= 11 is 7.66. The normalized spacial score (nSPS) is 14.1. The summed E-state index contributed by atoms with van der Waals surface area (Å²) in [4.78, 5) is 0.865. The molecule has 0 spiro atoms. The molecule has 0 saturated carbocycles. The highest BCUT2D eigenvalue weighted by Gasteiger charge is 2.31. The van der Waals surface area contributed by atoms with Crippen LogP contribution in [0.5, 0.6) is 5.75 Å². The number of halogens is 1. The average Bonchev–Trinajstić information content (AvgIpc) is 2.92. The van der Waals surface area contributed by atoms with Crippen LogP contribution in [0.4, 0.5) is 0 Å². The summed E-state index contributed by atoms with van der Waals surface area (Å²) in [5.74, 6) is 0.627. The van der Waals surface area contributed by atoms with E-state index < -0.39 is 5.60 Å². The number of hydrogen-bond donors (Lipinski definition) is 1. The summed E-state index contributed by atoms with van der Waals surface area (Å²) in [5, 5.41) is 12.8. The van der Waals surface area contributed by atoms with E-state index in [9.17, 15) is 5.11 Å². The third kappa shape index (κ3) is 2.53. The van der Waals surface area contributed by atoms with E-state index in [-0.39, 0.29) is 0 Å². The van der Waals surface area contributed by atoms with Crippen molar-refractivity contribution >= 4 is 33.0 Å². The molecule has 1 N–H and O–H groups in total. The standard InChI is InChI=1S/C17H15ClO2S/c1-17(19,13-10-12(18)7-8-14(13)20-2)16-9-11-5-3-4-6-15(11)21-16/h3-10,19H,1-2H3. The maximum absolute atomic E-state index is 11.1. The van der Waals surface area contributed by atoms with Gasteiger partial charge < -0.3 is 9.84 Å². The highest BCUT2D eigenvalue weighted by atomic mass is 35.5. The Labute approximate surface area is 132 Å². The SMILES string of the molecule is COc1ccc(Cl)cc1C(C)(O)c1cc2ccccc2s1. The minimum atomic E-state index is -1.15. The maximum Gasteiger partial charge on any atom is 0.125 e. The lowest BCUT2D eigenvalue weighted by molar-refractivity contribution is 0.103. The van der Waals surface area contributed by atoms with Crippen LogP contribution in [0.2, 0.25) is 5.02 Å². The molecule has 0 aliphatic heterocycles. The van der Waals surface area contributed by atoms with E-state index in [4.69, 9.17) is 16.3 Å². The largest absolute Gasteiger partial charge is 0.496 e. The number of methoxy groups -OCH3 is 1. The van der Waals surface area contributed by atoms with Gasteiger partial charge in [0.1, 0.15) is 11.4 Å². The van der Waals surface area contributed by atoms with E-state index in [1.165, 1.54) is 0 Å². The molecule has 1 unspecified atom stereocenters. The Bertz CT molecular complexity index is 759. The second-order valence-electron chi connectivity index (χ2n) is 5.07. The molecule has 4 heteroatoms. The number of aliphatic hydroxyl groups is 1. The van der Waals surface area contributed by atoms with E-state index in [0.717, 1.165) is 15.0 Å². The molecule has 3 aromatic rings. The summed E-state index contributed by atoms with van der Waals surface area (Å²) in [6.07, 6.45) is 0. The third-order valence-electron chi connectivity index (χ3n) is 3.59. The number of benzene rings is 2. The van der Waals surface area contributed by atoms with Crippen molar-refractivity contribution in [1.82, 2.24) is 0 Å². The molecule has 0 bridgehead atoms. The van der Waals surface area contributed by atoms with Crippen molar-refractivity contribution in [3.05, 3.63) is 64.0 Å². The van der Waals surface area contributed by atoms with Gasteiger partial charge in [0.25, 0.3) is 0 Å². The van der Waals surface area contributed by atoms with Crippen molar-refractivity contribution in [1.29, 1.82) is 0 Å². The van der Waals surface area contributed by atoms with Gasteiger partial charge in [0, 0.05) is 20.2 Å². The Morgan fingerprint density at radius 1 is 1.14 bits per heavy atom. The minimum absolute atomic E-state index is 0.576. The quantitative estimate of drug-likeness (QED) is 0.750. The number of thiophene rings is 1. The molecule has 0 aliphatic carbocycles. The molecule has 3 rings (SSSR count). The van der Waals surface area contributed by atoms with Crippen LogP contribution in [-0.4, -0.2) is 12.2 Å². The highest BCUT2D eigenvalue weighted by molar-refractivity contribution is 7.19. The maximum atomic E-state index is 11.1. The van der Waals surface area contributed by atoms with Crippen LogP contribution in [-0.2, 0) is 5.60 Å². The van der Waals surface area contributed by atoms with Crippen molar-refractivity contribution in [2.75, 3.05) is 7.11 Å². The van der Waals surface area contributed by atoms with E-state index in [0.29, 0.717) is 16.3 Å². The third-order valence-corrected chi connectivity index (χ3v) is 5.15. The lowest BCUT2D eigenvalue weighted by atomic mass is 9.93. The van der Waals surface area contributed by atoms with Gasteiger partial charge in [-0.15, -0.1) is 11.3 Å².